The summed E-state index contributed by atoms with van der Waals surface area (Å²) >= 11 is 5.71. The maximum absolute atomic E-state index is 10.9. The van der Waals surface area contributed by atoms with E-state index in [4.69, 9.17) is 11.6 Å². The Kier molecular flexibility index (Phi) is 3.49. The van der Waals surface area contributed by atoms with Crippen molar-refractivity contribution in [3.05, 3.63) is 34.9 Å². The molecule has 1 aromatic carbocycles. The normalized spacial score (nSPS) is 12.9. The molecule has 0 saturated carbocycles. The van der Waals surface area contributed by atoms with Crippen LogP contribution in [0, 0.1) is 0 Å². The Morgan fingerprint density at radius 3 is 2.21 bits per heavy atom. The second kappa shape index (κ2) is 4.44. The third-order valence-electron chi connectivity index (χ3n) is 2.02. The first-order chi connectivity index (χ1) is 6.52. The van der Waals surface area contributed by atoms with Crippen LogP contribution in [0.2, 0.25) is 5.02 Å². The highest BCUT2D eigenvalue weighted by atomic mass is 35.5. The minimum absolute atomic E-state index is 0.597. The molecule has 0 aromatic heterocycles. The molecule has 0 spiro atoms. The molecule has 0 aliphatic carbocycles. The molecule has 0 aliphatic heterocycles. The number of carbonyl (C=O) groups excluding carboxylic acids is 1. The maximum Gasteiger partial charge on any atom is 0.153 e. The first kappa shape index (κ1) is 11.0. The standard InChI is InChI=1S/C10H12ClNO2/c1-12(2)9(10(13)14)7-3-5-8(11)6-4-7/h3-6,9H,1-2H3,(H,13,14)/t9-/m1/s1. The zero-order valence-electron chi connectivity index (χ0n) is 8.08. The first-order valence-electron chi connectivity index (χ1n) is 4.28. The molecule has 1 N–H and O–H groups in total. The van der Waals surface area contributed by atoms with E-state index in [2.05, 4.69) is 0 Å². The molecular weight excluding hydrogens is 202 g/mol. The van der Waals surface area contributed by atoms with Gasteiger partial charge in [0, 0.05) is 10.6 Å². The number of halogens is 1. The van der Waals surface area contributed by atoms with Crippen molar-refractivity contribution in [2.45, 2.75) is 6.04 Å². The number of carbonyl (C=O) groups is 1. The van der Waals surface area contributed by atoms with Crippen LogP contribution in [-0.2, 0) is 4.79 Å². The van der Waals surface area contributed by atoms with Crippen LogP contribution in [0.4, 0.5) is 0 Å². The highest BCUT2D eigenvalue weighted by Gasteiger charge is 2.18. The lowest BCUT2D eigenvalue weighted by atomic mass is 10.1. The number of carboxylic acid groups (broad SMARTS) is 1. The zero-order valence-corrected chi connectivity index (χ0v) is 8.84. The van der Waals surface area contributed by atoms with Gasteiger partial charge in [0.2, 0.25) is 0 Å². The number of quaternary nitrogens is 1. The zero-order chi connectivity index (χ0) is 10.7. The van der Waals surface area contributed by atoms with E-state index < -0.39 is 12.0 Å². The summed E-state index contributed by atoms with van der Waals surface area (Å²) in [6.07, 6.45) is 0. The average Bonchev–Trinajstić information content (AvgIpc) is 2.07. The molecule has 1 aromatic rings. The summed E-state index contributed by atoms with van der Waals surface area (Å²) in [5.74, 6) is -1.08. The van der Waals surface area contributed by atoms with Gasteiger partial charge < -0.3 is 14.8 Å². The third kappa shape index (κ3) is 2.47. The van der Waals surface area contributed by atoms with E-state index in [-0.39, 0.29) is 0 Å². The third-order valence-corrected chi connectivity index (χ3v) is 2.27. The molecule has 0 radical (unpaired) electrons. The Morgan fingerprint density at radius 2 is 1.86 bits per heavy atom. The second-order valence-corrected chi connectivity index (χ2v) is 3.82. The van der Waals surface area contributed by atoms with Crippen LogP contribution in [0.5, 0.6) is 0 Å². The van der Waals surface area contributed by atoms with Crippen LogP contribution < -0.4 is 10.0 Å². The van der Waals surface area contributed by atoms with Gasteiger partial charge in [-0.25, -0.2) is 0 Å². The van der Waals surface area contributed by atoms with Gasteiger partial charge in [0.05, 0.1) is 14.1 Å². The van der Waals surface area contributed by atoms with E-state index in [0.29, 0.717) is 10.6 Å². The topological polar surface area (TPSA) is 44.6 Å². The lowest BCUT2D eigenvalue weighted by Crippen LogP contribution is -3.07. The molecule has 4 heteroatoms. The minimum Gasteiger partial charge on any atom is -0.544 e. The van der Waals surface area contributed by atoms with Crippen molar-refractivity contribution in [2.75, 3.05) is 14.1 Å². The second-order valence-electron chi connectivity index (χ2n) is 3.38. The fourth-order valence-corrected chi connectivity index (χ4v) is 1.49. The van der Waals surface area contributed by atoms with E-state index >= 15 is 0 Å². The minimum atomic E-state index is -1.08. The van der Waals surface area contributed by atoms with Gasteiger partial charge in [-0.3, -0.25) is 0 Å². The summed E-state index contributed by atoms with van der Waals surface area (Å²) in [6.45, 7) is 0. The molecule has 1 atom stereocenters. The number of hydrogen-bond acceptors (Lipinski definition) is 2. The average molecular weight is 214 g/mol. The van der Waals surface area contributed by atoms with Crippen LogP contribution >= 0.6 is 11.6 Å². The molecule has 0 amide bonds. The molecule has 0 saturated heterocycles. The molecule has 0 bridgehead atoms. The van der Waals surface area contributed by atoms with Gasteiger partial charge >= 0.3 is 0 Å². The van der Waals surface area contributed by atoms with E-state index in [9.17, 15) is 9.90 Å². The highest BCUT2D eigenvalue weighted by molar-refractivity contribution is 6.30. The van der Waals surface area contributed by atoms with Gasteiger partial charge in [0.25, 0.3) is 0 Å². The predicted molar refractivity (Wildman–Crippen MR) is 52.0 cm³/mol. The van der Waals surface area contributed by atoms with Gasteiger partial charge in [0.15, 0.2) is 6.04 Å². The number of nitrogens with one attached hydrogen (secondary N) is 1. The van der Waals surface area contributed by atoms with Gasteiger partial charge in [-0.05, 0) is 12.1 Å². The fraction of sp³-hybridized carbons (Fsp3) is 0.300. The van der Waals surface area contributed by atoms with Crippen molar-refractivity contribution in [3.63, 3.8) is 0 Å². The molecule has 0 aliphatic rings. The number of benzene rings is 1. The largest absolute Gasteiger partial charge is 0.544 e. The molecule has 1 rings (SSSR count). The van der Waals surface area contributed by atoms with E-state index in [1.54, 1.807) is 38.4 Å². The Labute approximate surface area is 87.9 Å². The van der Waals surface area contributed by atoms with Crippen molar-refractivity contribution in [3.8, 4) is 0 Å². The van der Waals surface area contributed by atoms with E-state index in [1.165, 1.54) is 0 Å². The number of likely N-dealkylation sites (N-methyl/N-ethyl adjacent to an activating group) is 1. The monoisotopic (exact) mass is 213 g/mol. The smallest absolute Gasteiger partial charge is 0.153 e. The summed E-state index contributed by atoms with van der Waals surface area (Å²) in [6, 6.07) is 6.11. The van der Waals surface area contributed by atoms with Gasteiger partial charge in [-0.1, -0.05) is 23.7 Å². The summed E-state index contributed by atoms with van der Waals surface area (Å²) in [5.41, 5.74) is 0.703. The summed E-state index contributed by atoms with van der Waals surface area (Å²) in [4.78, 5) is 11.7. The van der Waals surface area contributed by atoms with Crippen LogP contribution in [0.15, 0.2) is 24.3 Å². The van der Waals surface area contributed by atoms with Crippen LogP contribution in [0.25, 0.3) is 0 Å². The van der Waals surface area contributed by atoms with Crippen LogP contribution in [0.3, 0.4) is 0 Å². The van der Waals surface area contributed by atoms with Gasteiger partial charge in [-0.2, -0.15) is 0 Å². The van der Waals surface area contributed by atoms with Crippen molar-refractivity contribution in [1.82, 2.24) is 0 Å². The maximum atomic E-state index is 10.9. The van der Waals surface area contributed by atoms with E-state index in [1.807, 2.05) is 0 Å². The van der Waals surface area contributed by atoms with Crippen molar-refractivity contribution in [2.24, 2.45) is 0 Å². The number of rotatable bonds is 3. The van der Waals surface area contributed by atoms with Gasteiger partial charge in [-0.15, -0.1) is 0 Å². The summed E-state index contributed by atoms with van der Waals surface area (Å²) < 4.78 is 0. The lowest BCUT2D eigenvalue weighted by molar-refractivity contribution is -0.885. The molecule has 0 heterocycles. The Balaban J connectivity index is 3.00. The predicted octanol–water partition coefficient (Wildman–Crippen LogP) is -0.724. The number of hydrogen-bond donors (Lipinski definition) is 1. The quantitative estimate of drug-likeness (QED) is 0.720. The van der Waals surface area contributed by atoms with Crippen molar-refractivity contribution >= 4 is 17.6 Å². The molecular formula is C10H12ClNO2. The summed E-state index contributed by atoms with van der Waals surface area (Å²) in [5, 5.41) is 11.5. The number of carboxylic acids is 1. The first-order valence-corrected chi connectivity index (χ1v) is 4.66. The van der Waals surface area contributed by atoms with Crippen LogP contribution in [0.1, 0.15) is 11.6 Å². The van der Waals surface area contributed by atoms with Crippen LogP contribution in [-0.4, -0.2) is 20.1 Å². The Bertz CT molecular complexity index is 321. The fourth-order valence-electron chi connectivity index (χ4n) is 1.36. The van der Waals surface area contributed by atoms with Gasteiger partial charge in [0.1, 0.15) is 5.97 Å². The lowest BCUT2D eigenvalue weighted by Gasteiger charge is -2.22. The van der Waals surface area contributed by atoms with Crippen molar-refractivity contribution in [1.29, 1.82) is 0 Å². The molecule has 0 unspecified atom stereocenters. The molecule has 3 nitrogen and oxygen atoms in total. The molecule has 0 fully saturated rings. The molecule has 14 heavy (non-hydrogen) atoms. The van der Waals surface area contributed by atoms with Crippen molar-refractivity contribution < 1.29 is 14.8 Å². The highest BCUT2D eigenvalue weighted by Crippen LogP contribution is 2.13. The Hall–Kier alpha value is -1.06. The Morgan fingerprint density at radius 1 is 1.36 bits per heavy atom. The SMILES string of the molecule is C[NH+](C)[C@@H](C(=O)[O-])c1ccc(Cl)cc1. The number of aliphatic carboxylic acids is 1. The molecule has 76 valence electrons. The van der Waals surface area contributed by atoms with E-state index in [0.717, 1.165) is 4.90 Å². The summed E-state index contributed by atoms with van der Waals surface area (Å²) in [7, 11) is 3.55.